The molecule has 0 fully saturated rings. The molecule has 116 valence electrons. The number of esters is 1. The highest BCUT2D eigenvalue weighted by molar-refractivity contribution is 9.10. The van der Waals surface area contributed by atoms with Gasteiger partial charge in [-0.3, -0.25) is 4.79 Å². The lowest BCUT2D eigenvalue weighted by Crippen LogP contribution is -2.31. The molecule has 0 spiro atoms. The zero-order valence-electron chi connectivity index (χ0n) is 11.3. The van der Waals surface area contributed by atoms with Gasteiger partial charge in [-0.15, -0.1) is 0 Å². The van der Waals surface area contributed by atoms with Gasteiger partial charge in [0.15, 0.2) is 0 Å². The van der Waals surface area contributed by atoms with Crippen LogP contribution in [0, 0.1) is 6.92 Å². The van der Waals surface area contributed by atoms with Gasteiger partial charge in [0.25, 0.3) is 0 Å². The third-order valence-corrected chi connectivity index (χ3v) is 5.21. The molecule has 0 aliphatic heterocycles. The van der Waals surface area contributed by atoms with Crippen molar-refractivity contribution in [2.75, 3.05) is 13.2 Å². The highest BCUT2D eigenvalue weighted by Gasteiger charge is 2.22. The smallest absolute Gasteiger partial charge is 0.335 e. The SMILES string of the molecule is CCOC(=O)CNS(=O)(=O)c1cc(C(=O)O)cc(C)c1Br. The largest absolute Gasteiger partial charge is 0.478 e. The van der Waals surface area contributed by atoms with E-state index in [0.717, 1.165) is 6.07 Å². The molecule has 0 aliphatic rings. The van der Waals surface area contributed by atoms with Crippen molar-refractivity contribution < 1.29 is 27.9 Å². The predicted octanol–water partition coefficient (Wildman–Crippen LogP) is 1.30. The first-order valence-electron chi connectivity index (χ1n) is 5.87. The molecule has 0 aliphatic carbocycles. The lowest BCUT2D eigenvalue weighted by atomic mass is 10.1. The van der Waals surface area contributed by atoms with Crippen LogP contribution in [-0.4, -0.2) is 38.6 Å². The molecular formula is C12H14BrNO6S. The van der Waals surface area contributed by atoms with Gasteiger partial charge in [-0.25, -0.2) is 13.2 Å². The maximum absolute atomic E-state index is 12.1. The number of ether oxygens (including phenoxy) is 1. The standard InChI is InChI=1S/C12H14BrNO6S/c1-3-20-10(15)6-14-21(18,19)9-5-8(12(16)17)4-7(2)11(9)13/h4-5,14H,3,6H2,1-2H3,(H,16,17). The van der Waals surface area contributed by atoms with Gasteiger partial charge in [-0.05, 0) is 47.5 Å². The number of aryl methyl sites for hydroxylation is 1. The fraction of sp³-hybridized carbons (Fsp3) is 0.333. The molecule has 2 N–H and O–H groups in total. The number of carboxylic acids is 1. The van der Waals surface area contributed by atoms with E-state index in [9.17, 15) is 18.0 Å². The summed E-state index contributed by atoms with van der Waals surface area (Å²) in [6, 6.07) is 2.36. The summed E-state index contributed by atoms with van der Waals surface area (Å²) in [5.74, 6) is -1.96. The summed E-state index contributed by atoms with van der Waals surface area (Å²) in [5.41, 5.74) is 0.290. The van der Waals surface area contributed by atoms with E-state index in [1.165, 1.54) is 6.07 Å². The number of nitrogens with one attached hydrogen (secondary N) is 1. The van der Waals surface area contributed by atoms with Crippen LogP contribution in [0.4, 0.5) is 0 Å². The van der Waals surface area contributed by atoms with E-state index >= 15 is 0 Å². The molecule has 0 radical (unpaired) electrons. The van der Waals surface area contributed by atoms with Gasteiger partial charge >= 0.3 is 11.9 Å². The topological polar surface area (TPSA) is 110 Å². The molecule has 0 saturated heterocycles. The molecule has 0 unspecified atom stereocenters. The van der Waals surface area contributed by atoms with Crippen LogP contribution in [0.15, 0.2) is 21.5 Å². The van der Waals surface area contributed by atoms with E-state index in [1.807, 2.05) is 0 Å². The Kier molecular flexibility index (Phi) is 5.87. The summed E-state index contributed by atoms with van der Waals surface area (Å²) in [6.45, 7) is 2.78. The van der Waals surface area contributed by atoms with Crippen LogP contribution in [0.3, 0.4) is 0 Å². The summed E-state index contributed by atoms with van der Waals surface area (Å²) in [4.78, 5) is 21.9. The minimum absolute atomic E-state index is 0.137. The van der Waals surface area contributed by atoms with E-state index < -0.39 is 28.5 Å². The fourth-order valence-corrected chi connectivity index (χ4v) is 3.51. The molecule has 1 aromatic rings. The van der Waals surface area contributed by atoms with Crippen molar-refractivity contribution in [1.29, 1.82) is 0 Å². The van der Waals surface area contributed by atoms with Crippen molar-refractivity contribution in [1.82, 2.24) is 4.72 Å². The molecule has 0 bridgehead atoms. The normalized spacial score (nSPS) is 11.2. The minimum Gasteiger partial charge on any atom is -0.478 e. The fourth-order valence-electron chi connectivity index (χ4n) is 1.50. The molecule has 0 amide bonds. The quantitative estimate of drug-likeness (QED) is 0.720. The monoisotopic (exact) mass is 379 g/mol. The number of hydrogen-bond acceptors (Lipinski definition) is 5. The maximum Gasteiger partial charge on any atom is 0.335 e. The number of halogens is 1. The second-order valence-electron chi connectivity index (χ2n) is 4.04. The number of carbonyl (C=O) groups excluding carboxylic acids is 1. The van der Waals surface area contributed by atoms with Crippen LogP contribution >= 0.6 is 15.9 Å². The van der Waals surface area contributed by atoms with Crippen molar-refractivity contribution in [2.45, 2.75) is 18.7 Å². The number of aromatic carboxylic acids is 1. The Morgan fingerprint density at radius 1 is 1.38 bits per heavy atom. The number of carboxylic acid groups (broad SMARTS) is 1. The van der Waals surface area contributed by atoms with Crippen LogP contribution in [0.5, 0.6) is 0 Å². The zero-order chi connectivity index (χ0) is 16.2. The van der Waals surface area contributed by atoms with E-state index in [1.54, 1.807) is 13.8 Å². The molecule has 1 rings (SSSR count). The van der Waals surface area contributed by atoms with Crippen LogP contribution in [0.25, 0.3) is 0 Å². The summed E-state index contributed by atoms with van der Waals surface area (Å²) in [6.07, 6.45) is 0. The molecule has 7 nitrogen and oxygen atoms in total. The predicted molar refractivity (Wildman–Crippen MR) is 77.7 cm³/mol. The van der Waals surface area contributed by atoms with Crippen molar-refractivity contribution in [3.63, 3.8) is 0 Å². The molecular weight excluding hydrogens is 366 g/mol. The Labute approximate surface area is 130 Å². The first-order valence-corrected chi connectivity index (χ1v) is 8.15. The Morgan fingerprint density at radius 2 is 2.00 bits per heavy atom. The van der Waals surface area contributed by atoms with E-state index in [-0.39, 0.29) is 21.5 Å². The first kappa shape index (κ1) is 17.6. The Hall–Kier alpha value is -1.45. The molecule has 9 heteroatoms. The average Bonchev–Trinajstić information content (AvgIpc) is 2.39. The van der Waals surface area contributed by atoms with Gasteiger partial charge in [-0.1, -0.05) is 0 Å². The average molecular weight is 380 g/mol. The van der Waals surface area contributed by atoms with Gasteiger partial charge in [0.1, 0.15) is 6.54 Å². The zero-order valence-corrected chi connectivity index (χ0v) is 13.7. The Balaban J connectivity index is 3.13. The van der Waals surface area contributed by atoms with Gasteiger partial charge in [0, 0.05) is 4.47 Å². The molecule has 1 aromatic carbocycles. The summed E-state index contributed by atoms with van der Waals surface area (Å²) < 4.78 is 31.2. The van der Waals surface area contributed by atoms with Gasteiger partial charge in [0.05, 0.1) is 17.1 Å². The van der Waals surface area contributed by atoms with E-state index in [2.05, 4.69) is 25.4 Å². The molecule has 21 heavy (non-hydrogen) atoms. The van der Waals surface area contributed by atoms with Crippen LogP contribution in [-0.2, 0) is 19.6 Å². The summed E-state index contributed by atoms with van der Waals surface area (Å²) in [7, 11) is -4.04. The van der Waals surface area contributed by atoms with Crippen LogP contribution in [0.2, 0.25) is 0 Å². The van der Waals surface area contributed by atoms with Gasteiger partial charge in [0.2, 0.25) is 10.0 Å². The van der Waals surface area contributed by atoms with E-state index in [4.69, 9.17) is 5.11 Å². The van der Waals surface area contributed by atoms with Crippen molar-refractivity contribution in [3.8, 4) is 0 Å². The summed E-state index contributed by atoms with van der Waals surface area (Å²) in [5, 5.41) is 8.97. The lowest BCUT2D eigenvalue weighted by molar-refractivity contribution is -0.141. The molecule has 0 heterocycles. The lowest BCUT2D eigenvalue weighted by Gasteiger charge is -2.11. The highest BCUT2D eigenvalue weighted by Crippen LogP contribution is 2.27. The van der Waals surface area contributed by atoms with Crippen molar-refractivity contribution >= 4 is 37.9 Å². The number of sulfonamides is 1. The third-order valence-electron chi connectivity index (χ3n) is 2.47. The van der Waals surface area contributed by atoms with Crippen LogP contribution in [0.1, 0.15) is 22.8 Å². The number of benzene rings is 1. The van der Waals surface area contributed by atoms with Crippen molar-refractivity contribution in [2.24, 2.45) is 0 Å². The minimum atomic E-state index is -4.04. The van der Waals surface area contributed by atoms with Gasteiger partial charge in [-0.2, -0.15) is 4.72 Å². The molecule has 0 atom stereocenters. The number of rotatable bonds is 6. The van der Waals surface area contributed by atoms with E-state index in [0.29, 0.717) is 5.56 Å². The maximum atomic E-state index is 12.1. The number of hydrogen-bond donors (Lipinski definition) is 2. The first-order chi connectivity index (χ1) is 9.69. The highest BCUT2D eigenvalue weighted by atomic mass is 79.9. The Bertz CT molecular complexity index is 671. The van der Waals surface area contributed by atoms with Crippen LogP contribution < -0.4 is 4.72 Å². The number of carbonyl (C=O) groups is 2. The van der Waals surface area contributed by atoms with Gasteiger partial charge < -0.3 is 9.84 Å². The summed E-state index contributed by atoms with van der Waals surface area (Å²) >= 11 is 3.11. The molecule has 0 saturated carbocycles. The third kappa shape index (κ3) is 4.51. The molecule has 0 aromatic heterocycles. The van der Waals surface area contributed by atoms with Crippen molar-refractivity contribution in [3.05, 3.63) is 27.7 Å². The Morgan fingerprint density at radius 3 is 2.52 bits per heavy atom. The second kappa shape index (κ2) is 7.01. The second-order valence-corrected chi connectivity index (χ2v) is 6.57.